The van der Waals surface area contributed by atoms with E-state index in [1.54, 1.807) is 20.2 Å². The van der Waals surface area contributed by atoms with Gasteiger partial charge in [0.05, 0.1) is 23.4 Å². The molecule has 2 aromatic carbocycles. The normalized spacial score (nSPS) is 16.7. The van der Waals surface area contributed by atoms with Crippen molar-refractivity contribution in [2.75, 3.05) is 6.54 Å². The maximum absolute atomic E-state index is 12.8. The van der Waals surface area contributed by atoms with Crippen LogP contribution in [-0.4, -0.2) is 44.8 Å². The number of fused-ring (bicyclic) bond motifs is 1. The molecule has 0 spiro atoms. The molecule has 1 aliphatic rings. The Kier molecular flexibility index (Phi) is 4.54. The topological polar surface area (TPSA) is 107 Å². The maximum atomic E-state index is 12.8. The van der Waals surface area contributed by atoms with Gasteiger partial charge in [0.25, 0.3) is 5.91 Å². The number of imidazole rings is 1. The molecule has 0 bridgehead atoms. The third-order valence-corrected chi connectivity index (χ3v) is 4.96. The van der Waals surface area contributed by atoms with Crippen molar-refractivity contribution in [3.8, 4) is 0 Å². The van der Waals surface area contributed by atoms with Crippen molar-refractivity contribution < 1.29 is 14.4 Å². The highest BCUT2D eigenvalue weighted by molar-refractivity contribution is 6.08. The largest absolute Gasteiger partial charge is 0.345 e. The molecular formula is C21H21N5O3. The van der Waals surface area contributed by atoms with Gasteiger partial charge < -0.3 is 15.6 Å². The molecule has 1 atom stereocenters. The molecule has 148 valence electrons. The predicted molar refractivity (Wildman–Crippen MR) is 107 cm³/mol. The number of benzene rings is 2. The van der Waals surface area contributed by atoms with E-state index in [-0.39, 0.29) is 6.54 Å². The summed E-state index contributed by atoms with van der Waals surface area (Å²) in [4.78, 5) is 45.4. The lowest BCUT2D eigenvalue weighted by Gasteiger charge is -2.22. The van der Waals surface area contributed by atoms with Crippen molar-refractivity contribution in [3.63, 3.8) is 0 Å². The molecule has 0 radical (unpaired) electrons. The van der Waals surface area contributed by atoms with E-state index in [9.17, 15) is 14.4 Å². The van der Waals surface area contributed by atoms with Crippen LogP contribution in [0.5, 0.6) is 0 Å². The molecule has 8 nitrogen and oxygen atoms in total. The zero-order valence-corrected chi connectivity index (χ0v) is 16.1. The van der Waals surface area contributed by atoms with E-state index in [4.69, 9.17) is 0 Å². The molecule has 1 saturated heterocycles. The Bertz CT molecular complexity index is 1090. The molecule has 1 aliphatic heterocycles. The number of hydrogen-bond donors (Lipinski definition) is 3. The molecule has 1 fully saturated rings. The number of nitrogens with one attached hydrogen (secondary N) is 3. The van der Waals surface area contributed by atoms with Gasteiger partial charge in [-0.1, -0.05) is 36.4 Å². The van der Waals surface area contributed by atoms with E-state index in [1.807, 2.05) is 48.5 Å². The van der Waals surface area contributed by atoms with Crippen LogP contribution in [0.2, 0.25) is 0 Å². The molecule has 0 aliphatic carbocycles. The summed E-state index contributed by atoms with van der Waals surface area (Å²) in [5, 5.41) is 5.53. The Hall–Kier alpha value is -3.68. The fourth-order valence-corrected chi connectivity index (χ4v) is 3.45. The van der Waals surface area contributed by atoms with E-state index in [1.165, 1.54) is 0 Å². The van der Waals surface area contributed by atoms with Gasteiger partial charge in [0.15, 0.2) is 0 Å². The summed E-state index contributed by atoms with van der Waals surface area (Å²) in [6, 6.07) is 14.2. The Morgan fingerprint density at radius 3 is 2.59 bits per heavy atom. The van der Waals surface area contributed by atoms with Crippen LogP contribution in [0.4, 0.5) is 4.79 Å². The first-order chi connectivity index (χ1) is 13.8. The highest BCUT2D eigenvalue weighted by atomic mass is 16.2. The summed E-state index contributed by atoms with van der Waals surface area (Å²) >= 11 is 0. The number of urea groups is 1. The van der Waals surface area contributed by atoms with Crippen LogP contribution in [0.15, 0.2) is 54.9 Å². The smallest absolute Gasteiger partial charge is 0.325 e. The first kappa shape index (κ1) is 18.7. The van der Waals surface area contributed by atoms with Crippen LogP contribution >= 0.6 is 0 Å². The number of imide groups is 1. The number of nitrogens with zero attached hydrogens (tertiary/aromatic N) is 2. The number of H-pyrrole nitrogens is 1. The Morgan fingerprint density at radius 2 is 1.90 bits per heavy atom. The van der Waals surface area contributed by atoms with Gasteiger partial charge >= 0.3 is 6.03 Å². The molecule has 3 aromatic rings. The monoisotopic (exact) mass is 391 g/mol. The van der Waals surface area contributed by atoms with Gasteiger partial charge in [-0.15, -0.1) is 0 Å². The number of amides is 4. The van der Waals surface area contributed by atoms with E-state index >= 15 is 0 Å². The average Bonchev–Trinajstić information content (AvgIpc) is 3.24. The third kappa shape index (κ3) is 3.56. The Labute approximate surface area is 167 Å². The molecule has 4 amide bonds. The maximum Gasteiger partial charge on any atom is 0.325 e. The van der Waals surface area contributed by atoms with E-state index < -0.39 is 29.4 Å². The molecule has 1 aromatic heterocycles. The molecule has 4 rings (SSSR count). The van der Waals surface area contributed by atoms with Gasteiger partial charge in [-0.05, 0) is 37.1 Å². The minimum absolute atomic E-state index is 0.344. The second-order valence-electron chi connectivity index (χ2n) is 7.54. The van der Waals surface area contributed by atoms with Crippen LogP contribution in [-0.2, 0) is 9.59 Å². The molecule has 1 unspecified atom stereocenters. The molecule has 29 heavy (non-hydrogen) atoms. The predicted octanol–water partition coefficient (Wildman–Crippen LogP) is 2.10. The lowest BCUT2D eigenvalue weighted by atomic mass is 9.98. The summed E-state index contributed by atoms with van der Waals surface area (Å²) in [7, 11) is 0. The number of carbonyl (C=O) groups excluding carboxylic acids is 3. The van der Waals surface area contributed by atoms with Gasteiger partial charge in [0.1, 0.15) is 12.1 Å². The average molecular weight is 391 g/mol. The van der Waals surface area contributed by atoms with Gasteiger partial charge in [0, 0.05) is 0 Å². The van der Waals surface area contributed by atoms with Crippen LogP contribution < -0.4 is 10.6 Å². The number of aromatic nitrogens is 2. The molecular weight excluding hydrogens is 370 g/mol. The van der Waals surface area contributed by atoms with E-state index in [0.29, 0.717) is 0 Å². The summed E-state index contributed by atoms with van der Waals surface area (Å²) in [5.74, 6) is -0.849. The fourth-order valence-electron chi connectivity index (χ4n) is 3.45. The van der Waals surface area contributed by atoms with Crippen molar-refractivity contribution in [2.24, 2.45) is 0 Å². The zero-order valence-electron chi connectivity index (χ0n) is 16.1. The fraction of sp³-hybridized carbons (Fsp3) is 0.238. The summed E-state index contributed by atoms with van der Waals surface area (Å²) < 4.78 is 0. The molecule has 3 N–H and O–H groups in total. The number of hydrogen-bond acceptors (Lipinski definition) is 4. The Morgan fingerprint density at radius 1 is 1.14 bits per heavy atom. The third-order valence-electron chi connectivity index (χ3n) is 4.96. The van der Waals surface area contributed by atoms with Crippen molar-refractivity contribution >= 4 is 28.9 Å². The molecule has 2 heterocycles. The summed E-state index contributed by atoms with van der Waals surface area (Å²) in [6.07, 6.45) is 1.61. The standard InChI is InChI=1S/C21H21N5O3/c1-21(2)19(28)26(20(29)25-21)11-17(27)24-18(13-6-4-3-5-7-13)14-8-9-15-16(10-14)23-12-22-15/h3-10,12,18H,11H2,1-2H3,(H,22,23)(H,24,27)(H,25,29). The lowest BCUT2D eigenvalue weighted by Crippen LogP contribution is -2.43. The van der Waals surface area contributed by atoms with Crippen LogP contribution in [0.25, 0.3) is 11.0 Å². The van der Waals surface area contributed by atoms with Crippen molar-refractivity contribution in [2.45, 2.75) is 25.4 Å². The second kappa shape index (κ2) is 7.05. The minimum atomic E-state index is -1.01. The second-order valence-corrected chi connectivity index (χ2v) is 7.54. The quantitative estimate of drug-likeness (QED) is 0.579. The van der Waals surface area contributed by atoms with E-state index in [0.717, 1.165) is 27.1 Å². The van der Waals surface area contributed by atoms with Crippen LogP contribution in [0.3, 0.4) is 0 Å². The van der Waals surface area contributed by atoms with Crippen LogP contribution in [0.1, 0.15) is 31.0 Å². The Balaban J connectivity index is 1.60. The van der Waals surface area contributed by atoms with Gasteiger partial charge in [-0.3, -0.25) is 14.5 Å². The zero-order chi connectivity index (χ0) is 20.6. The summed E-state index contributed by atoms with van der Waals surface area (Å²) in [5.41, 5.74) is 2.42. The van der Waals surface area contributed by atoms with Crippen molar-refractivity contribution in [1.29, 1.82) is 0 Å². The number of rotatable bonds is 5. The van der Waals surface area contributed by atoms with Crippen molar-refractivity contribution in [3.05, 3.63) is 66.0 Å². The highest BCUT2D eigenvalue weighted by Gasteiger charge is 2.45. The number of carbonyl (C=O) groups is 3. The first-order valence-electron chi connectivity index (χ1n) is 9.26. The van der Waals surface area contributed by atoms with Gasteiger partial charge in [-0.2, -0.15) is 0 Å². The number of aromatic amines is 1. The van der Waals surface area contributed by atoms with Crippen molar-refractivity contribution in [1.82, 2.24) is 25.5 Å². The minimum Gasteiger partial charge on any atom is -0.345 e. The molecule has 8 heteroatoms. The van der Waals surface area contributed by atoms with Crippen LogP contribution in [0, 0.1) is 0 Å². The lowest BCUT2D eigenvalue weighted by molar-refractivity contribution is -0.134. The summed E-state index contributed by atoms with van der Waals surface area (Å²) in [6.45, 7) is 2.87. The van der Waals surface area contributed by atoms with Gasteiger partial charge in [-0.25, -0.2) is 9.78 Å². The SMILES string of the molecule is CC1(C)NC(=O)N(CC(=O)NC(c2ccccc2)c2ccc3nc[nH]c3c2)C1=O. The van der Waals surface area contributed by atoms with E-state index in [2.05, 4.69) is 20.6 Å². The highest BCUT2D eigenvalue weighted by Crippen LogP contribution is 2.25. The van der Waals surface area contributed by atoms with Gasteiger partial charge in [0.2, 0.25) is 5.91 Å². The first-order valence-corrected chi connectivity index (χ1v) is 9.26. The molecule has 0 saturated carbocycles.